The highest BCUT2D eigenvalue weighted by Gasteiger charge is 2.31. The molecule has 4 aromatic rings. The third-order valence-corrected chi connectivity index (χ3v) is 17.6. The van der Waals surface area contributed by atoms with Crippen LogP contribution in [0.2, 0.25) is 0 Å². The molecule has 0 unspecified atom stereocenters. The van der Waals surface area contributed by atoms with Crippen LogP contribution in [0.25, 0.3) is 0 Å². The summed E-state index contributed by atoms with van der Waals surface area (Å²) >= 11 is 0. The molecule has 0 aliphatic rings. The van der Waals surface area contributed by atoms with Crippen molar-refractivity contribution in [1.82, 2.24) is 0 Å². The average Bonchev–Trinajstić information content (AvgIpc) is 3.06. The molecule has 330 valence electrons. The summed E-state index contributed by atoms with van der Waals surface area (Å²) in [7, 11) is -1.44. The van der Waals surface area contributed by atoms with E-state index in [9.17, 15) is 0 Å². The molecule has 0 spiro atoms. The van der Waals surface area contributed by atoms with Gasteiger partial charge in [-0.1, -0.05) is 239 Å². The van der Waals surface area contributed by atoms with Gasteiger partial charge >= 0.3 is 0 Å². The van der Waals surface area contributed by atoms with Crippen LogP contribution >= 0.6 is 15.8 Å². The predicted molar refractivity (Wildman–Crippen MR) is 277 cm³/mol. The van der Waals surface area contributed by atoms with E-state index in [1.807, 2.05) is 0 Å². The number of hydrogen-bond acceptors (Lipinski definition) is 0. The van der Waals surface area contributed by atoms with E-state index < -0.39 is 15.8 Å². The second-order valence-corrected chi connectivity index (χ2v) is 31.0. The molecule has 0 N–H and O–H groups in total. The summed E-state index contributed by atoms with van der Waals surface area (Å²) < 4.78 is 0. The van der Waals surface area contributed by atoms with E-state index in [0.29, 0.717) is 0 Å². The first-order valence-corrected chi connectivity index (χ1v) is 26.0. The van der Waals surface area contributed by atoms with Gasteiger partial charge in [-0.15, -0.1) is 0 Å². The van der Waals surface area contributed by atoms with E-state index in [4.69, 9.17) is 0 Å². The Labute approximate surface area is 374 Å². The Morgan fingerprint density at radius 1 is 0.217 bits per heavy atom. The lowest BCUT2D eigenvalue weighted by Crippen LogP contribution is -2.28. The predicted octanol–water partition coefficient (Wildman–Crippen LogP) is 15.6. The molecule has 0 heterocycles. The minimum atomic E-state index is -0.722. The zero-order valence-electron chi connectivity index (χ0n) is 43.2. The van der Waals surface area contributed by atoms with Crippen molar-refractivity contribution in [1.29, 1.82) is 0 Å². The fourth-order valence-corrected chi connectivity index (χ4v) is 13.1. The van der Waals surface area contributed by atoms with Gasteiger partial charge in [-0.2, -0.15) is 0 Å². The quantitative estimate of drug-likeness (QED) is 0.163. The highest BCUT2D eigenvalue weighted by atomic mass is 31.1. The highest BCUT2D eigenvalue weighted by molar-refractivity contribution is 7.76. The first-order chi connectivity index (χ1) is 26.8. The van der Waals surface area contributed by atoms with Crippen LogP contribution in [0.4, 0.5) is 0 Å². The van der Waals surface area contributed by atoms with Crippen LogP contribution in [0.5, 0.6) is 0 Å². The van der Waals surface area contributed by atoms with Gasteiger partial charge in [0.25, 0.3) is 0 Å². The fourth-order valence-electron chi connectivity index (χ4n) is 7.55. The number of benzene rings is 4. The van der Waals surface area contributed by atoms with Gasteiger partial charge in [0, 0.05) is 0 Å². The van der Waals surface area contributed by atoms with Gasteiger partial charge in [0.15, 0.2) is 0 Å². The summed E-state index contributed by atoms with van der Waals surface area (Å²) in [5, 5.41) is 6.11. The topological polar surface area (TPSA) is 0 Å². The smallest absolute Gasteiger partial charge is 0.0132 e. The van der Waals surface area contributed by atoms with E-state index >= 15 is 0 Å². The number of hydrogen-bond donors (Lipinski definition) is 0. The van der Waals surface area contributed by atoms with Crippen molar-refractivity contribution in [2.45, 2.75) is 209 Å². The van der Waals surface area contributed by atoms with Crippen LogP contribution in [0.15, 0.2) is 72.8 Å². The molecule has 0 fully saturated rings. The molecule has 0 saturated heterocycles. The molecule has 0 aromatic heterocycles. The van der Waals surface area contributed by atoms with Gasteiger partial charge in [-0.3, -0.25) is 0 Å². The minimum absolute atomic E-state index is 0.0426. The Morgan fingerprint density at radius 3 is 0.433 bits per heavy atom. The minimum Gasteiger partial charge on any atom is -0.0561 e. The van der Waals surface area contributed by atoms with E-state index in [0.717, 1.165) is 12.3 Å². The van der Waals surface area contributed by atoms with Gasteiger partial charge in [-0.25, -0.2) is 0 Å². The molecule has 0 aliphatic heterocycles. The van der Waals surface area contributed by atoms with Gasteiger partial charge in [0.1, 0.15) is 0 Å². The standard InChI is InChI=1S/C58H88P2/c1-51(2,3)39-27-40(52(4,5)6)32-47(31-39)59(48-33-41(53(7,8)9)28-42(34-48)54(10,11)12)25-26-60(49-35-43(55(13,14)15)29-44(36-49)56(16,17)18)50-37-45(57(19,20)21)30-46(38-50)58(22,23)24/h27-38H,25-26H2,1-24H3. The largest absolute Gasteiger partial charge is 0.0561 e. The van der Waals surface area contributed by atoms with Crippen LogP contribution in [0, 0.1) is 0 Å². The van der Waals surface area contributed by atoms with Gasteiger partial charge < -0.3 is 0 Å². The molecular weight excluding hydrogens is 759 g/mol. The molecular formula is C58H88P2. The van der Waals surface area contributed by atoms with Crippen molar-refractivity contribution in [3.63, 3.8) is 0 Å². The molecule has 4 rings (SSSR count). The molecule has 0 atom stereocenters. The van der Waals surface area contributed by atoms with Crippen LogP contribution in [0.3, 0.4) is 0 Å². The van der Waals surface area contributed by atoms with Crippen molar-refractivity contribution < 1.29 is 0 Å². The summed E-state index contributed by atoms with van der Waals surface area (Å²) in [6.07, 6.45) is 2.26. The summed E-state index contributed by atoms with van der Waals surface area (Å²) in [6.45, 7) is 57.4. The van der Waals surface area contributed by atoms with E-state index in [-0.39, 0.29) is 43.3 Å². The highest BCUT2D eigenvalue weighted by Crippen LogP contribution is 2.46. The third-order valence-electron chi connectivity index (χ3n) is 12.4. The maximum absolute atomic E-state index is 2.61. The van der Waals surface area contributed by atoms with Crippen LogP contribution in [0.1, 0.15) is 211 Å². The van der Waals surface area contributed by atoms with Crippen LogP contribution in [-0.4, -0.2) is 12.3 Å². The van der Waals surface area contributed by atoms with Gasteiger partial charge in [0.05, 0.1) is 0 Å². The number of rotatable bonds is 7. The fraction of sp³-hybridized carbons (Fsp3) is 0.586. The Morgan fingerprint density at radius 2 is 0.333 bits per heavy atom. The lowest BCUT2D eigenvalue weighted by molar-refractivity contribution is 0.568. The molecule has 0 bridgehead atoms. The summed E-state index contributed by atoms with van der Waals surface area (Å²) in [6, 6.07) is 30.9. The molecule has 2 heteroatoms. The molecule has 60 heavy (non-hydrogen) atoms. The first-order valence-electron chi connectivity index (χ1n) is 23.0. The molecule has 0 aliphatic carbocycles. The zero-order valence-corrected chi connectivity index (χ0v) is 45.0. The Kier molecular flexibility index (Phi) is 14.3. The maximum Gasteiger partial charge on any atom is -0.0132 e. The first kappa shape index (κ1) is 50.4. The Hall–Kier alpha value is -2.26. The zero-order chi connectivity index (χ0) is 46.0. The van der Waals surface area contributed by atoms with E-state index in [1.165, 1.54) is 65.7 Å². The Bertz CT molecular complexity index is 1690. The maximum atomic E-state index is 2.61. The third kappa shape index (κ3) is 12.7. The average molecular weight is 847 g/mol. The van der Waals surface area contributed by atoms with E-state index in [2.05, 4.69) is 239 Å². The summed E-state index contributed by atoms with van der Waals surface area (Å²) in [5.41, 5.74) is 11.9. The normalized spacial score (nSPS) is 14.1. The van der Waals surface area contributed by atoms with Gasteiger partial charge in [-0.05, 0) is 137 Å². The second-order valence-electron chi connectivity index (χ2n) is 26.4. The van der Waals surface area contributed by atoms with Crippen molar-refractivity contribution in [3.8, 4) is 0 Å². The molecule has 0 saturated carbocycles. The molecule has 0 nitrogen and oxygen atoms in total. The van der Waals surface area contributed by atoms with Crippen molar-refractivity contribution in [2.75, 3.05) is 12.3 Å². The molecule has 0 amide bonds. The molecule has 0 radical (unpaired) electrons. The van der Waals surface area contributed by atoms with Crippen molar-refractivity contribution in [3.05, 3.63) is 117 Å². The second kappa shape index (κ2) is 17.0. The van der Waals surface area contributed by atoms with Crippen molar-refractivity contribution in [2.24, 2.45) is 0 Å². The Balaban J connectivity index is 2.16. The van der Waals surface area contributed by atoms with Crippen molar-refractivity contribution >= 4 is 37.1 Å². The lowest BCUT2D eigenvalue weighted by Gasteiger charge is -2.33. The summed E-state index contributed by atoms with van der Waals surface area (Å²) in [4.78, 5) is 0. The van der Waals surface area contributed by atoms with Crippen LogP contribution in [-0.2, 0) is 43.3 Å². The van der Waals surface area contributed by atoms with Gasteiger partial charge in [0.2, 0.25) is 0 Å². The van der Waals surface area contributed by atoms with Crippen LogP contribution < -0.4 is 21.2 Å². The lowest BCUT2D eigenvalue weighted by atomic mass is 9.81. The monoisotopic (exact) mass is 847 g/mol. The summed E-state index contributed by atoms with van der Waals surface area (Å²) in [5.74, 6) is 0. The van der Waals surface area contributed by atoms with E-state index in [1.54, 1.807) is 0 Å². The molecule has 4 aromatic carbocycles. The SMILES string of the molecule is CC(C)(C)c1cc(P(CCP(c2cc(C(C)(C)C)cc(C(C)(C)C)c2)c2cc(C(C)(C)C)cc(C(C)(C)C)c2)c2cc(C(C)(C)C)cc(C(C)(C)C)c2)cc(C(C)(C)C)c1.